The van der Waals surface area contributed by atoms with Crippen molar-refractivity contribution in [3.05, 3.63) is 0 Å². The molecule has 1 rings (SSSR count). The van der Waals surface area contributed by atoms with Crippen LogP contribution in [0.5, 0.6) is 0 Å². The maximum atomic E-state index is 10.8. The van der Waals surface area contributed by atoms with Crippen molar-refractivity contribution < 1.29 is 19.7 Å². The van der Waals surface area contributed by atoms with Crippen LogP contribution in [0.2, 0.25) is 0 Å². The summed E-state index contributed by atoms with van der Waals surface area (Å²) in [7, 11) is 0. The normalized spacial score (nSPS) is 28.2. The van der Waals surface area contributed by atoms with Gasteiger partial charge in [-0.3, -0.25) is 4.79 Å². The number of ether oxygens (including phenoxy) is 1. The van der Waals surface area contributed by atoms with Gasteiger partial charge in [0.2, 0.25) is 0 Å². The number of hydrogen-bond donors (Lipinski definition) is 3. The van der Waals surface area contributed by atoms with E-state index in [1.165, 1.54) is 0 Å². The number of carboxylic acids is 1. The third-order valence-corrected chi connectivity index (χ3v) is 3.57. The third-order valence-electron chi connectivity index (χ3n) is 3.57. The van der Waals surface area contributed by atoms with E-state index in [9.17, 15) is 9.90 Å². The van der Waals surface area contributed by atoms with Gasteiger partial charge in [0.05, 0.1) is 11.5 Å². The maximum Gasteiger partial charge on any atom is 0.306 e. The van der Waals surface area contributed by atoms with Crippen LogP contribution < -0.4 is 5.32 Å². The first-order valence-electron chi connectivity index (χ1n) is 6.81. The zero-order valence-corrected chi connectivity index (χ0v) is 11.2. The van der Waals surface area contributed by atoms with E-state index in [0.717, 1.165) is 26.2 Å². The Morgan fingerprint density at radius 1 is 1.44 bits per heavy atom. The topological polar surface area (TPSA) is 78.8 Å². The zero-order chi connectivity index (χ0) is 13.4. The molecule has 0 bridgehead atoms. The fourth-order valence-corrected chi connectivity index (χ4v) is 2.34. The van der Waals surface area contributed by atoms with E-state index in [1.807, 2.05) is 6.92 Å². The van der Waals surface area contributed by atoms with Crippen molar-refractivity contribution >= 4 is 5.97 Å². The fraction of sp³-hybridized carbons (Fsp3) is 0.923. The molecule has 0 aliphatic heterocycles. The first-order valence-corrected chi connectivity index (χ1v) is 6.81. The Hall–Kier alpha value is -0.650. The third kappa shape index (κ3) is 5.33. The first kappa shape index (κ1) is 15.4. The molecule has 1 aliphatic rings. The molecule has 0 spiro atoms. The van der Waals surface area contributed by atoms with E-state index in [4.69, 9.17) is 9.84 Å². The van der Waals surface area contributed by atoms with Crippen LogP contribution in [-0.4, -0.2) is 48.1 Å². The summed E-state index contributed by atoms with van der Waals surface area (Å²) in [6.45, 7) is 4.82. The molecule has 18 heavy (non-hydrogen) atoms. The number of aliphatic hydroxyl groups is 1. The number of nitrogens with one attached hydrogen (secondary N) is 1. The molecule has 0 radical (unpaired) electrons. The van der Waals surface area contributed by atoms with E-state index in [0.29, 0.717) is 32.2 Å². The summed E-state index contributed by atoms with van der Waals surface area (Å²) < 4.78 is 5.22. The summed E-state index contributed by atoms with van der Waals surface area (Å²) in [5, 5.41) is 22.4. The molecule has 0 heterocycles. The second kappa shape index (κ2) is 7.71. The minimum absolute atomic E-state index is 0.275. The SMILES string of the molecule is CCOCCCNCC1(O)CCC(C(=O)O)CC1. The quantitative estimate of drug-likeness (QED) is 0.567. The van der Waals surface area contributed by atoms with Gasteiger partial charge in [-0.1, -0.05) is 0 Å². The van der Waals surface area contributed by atoms with Crippen molar-refractivity contribution in [2.45, 2.75) is 44.6 Å². The van der Waals surface area contributed by atoms with E-state index < -0.39 is 11.6 Å². The van der Waals surface area contributed by atoms with Crippen LogP contribution >= 0.6 is 0 Å². The lowest BCUT2D eigenvalue weighted by Gasteiger charge is -2.34. The Bertz CT molecular complexity index is 249. The fourth-order valence-electron chi connectivity index (χ4n) is 2.34. The van der Waals surface area contributed by atoms with Gasteiger partial charge in [0, 0.05) is 19.8 Å². The predicted molar refractivity (Wildman–Crippen MR) is 68.5 cm³/mol. The standard InChI is InChI=1S/C13H25NO4/c1-2-18-9-3-8-14-10-13(17)6-4-11(5-7-13)12(15)16/h11,14,17H,2-10H2,1H3,(H,15,16). The van der Waals surface area contributed by atoms with Crippen LogP contribution in [-0.2, 0) is 9.53 Å². The van der Waals surface area contributed by atoms with Crippen molar-refractivity contribution in [3.63, 3.8) is 0 Å². The van der Waals surface area contributed by atoms with Crippen molar-refractivity contribution in [1.82, 2.24) is 5.32 Å². The molecular formula is C13H25NO4. The minimum Gasteiger partial charge on any atom is -0.481 e. The van der Waals surface area contributed by atoms with Crippen LogP contribution in [0.3, 0.4) is 0 Å². The summed E-state index contributed by atoms with van der Waals surface area (Å²) in [5.74, 6) is -1.01. The lowest BCUT2D eigenvalue weighted by Crippen LogP contribution is -2.44. The highest BCUT2D eigenvalue weighted by atomic mass is 16.5. The molecule has 0 unspecified atom stereocenters. The van der Waals surface area contributed by atoms with Crippen molar-refractivity contribution in [1.29, 1.82) is 0 Å². The van der Waals surface area contributed by atoms with Gasteiger partial charge in [-0.05, 0) is 45.6 Å². The minimum atomic E-state index is -0.735. The Kier molecular flexibility index (Phi) is 6.60. The molecule has 1 saturated carbocycles. The molecule has 5 heteroatoms. The number of carbonyl (C=O) groups is 1. The molecule has 0 atom stereocenters. The maximum absolute atomic E-state index is 10.8. The van der Waals surface area contributed by atoms with Gasteiger partial charge in [-0.25, -0.2) is 0 Å². The van der Waals surface area contributed by atoms with Gasteiger partial charge in [-0.2, -0.15) is 0 Å². The van der Waals surface area contributed by atoms with Gasteiger partial charge in [0.25, 0.3) is 0 Å². The highest BCUT2D eigenvalue weighted by molar-refractivity contribution is 5.70. The van der Waals surface area contributed by atoms with Crippen LogP contribution in [0.1, 0.15) is 39.0 Å². The Morgan fingerprint density at radius 2 is 2.11 bits per heavy atom. The predicted octanol–water partition coefficient (Wildman–Crippen LogP) is 1.01. The highest BCUT2D eigenvalue weighted by Crippen LogP contribution is 2.31. The summed E-state index contributed by atoms with van der Waals surface area (Å²) in [6, 6.07) is 0. The smallest absolute Gasteiger partial charge is 0.306 e. The van der Waals surface area contributed by atoms with Gasteiger partial charge in [0.15, 0.2) is 0 Å². The molecule has 1 fully saturated rings. The van der Waals surface area contributed by atoms with E-state index in [2.05, 4.69) is 5.32 Å². The zero-order valence-electron chi connectivity index (χ0n) is 11.2. The summed E-state index contributed by atoms with van der Waals surface area (Å²) in [6.07, 6.45) is 3.23. The summed E-state index contributed by atoms with van der Waals surface area (Å²) >= 11 is 0. The van der Waals surface area contributed by atoms with Gasteiger partial charge in [-0.15, -0.1) is 0 Å². The highest BCUT2D eigenvalue weighted by Gasteiger charge is 2.35. The molecule has 5 nitrogen and oxygen atoms in total. The second-order valence-electron chi connectivity index (χ2n) is 5.06. The van der Waals surface area contributed by atoms with Crippen LogP contribution in [0.4, 0.5) is 0 Å². The molecule has 0 aromatic carbocycles. The molecule has 0 aromatic heterocycles. The molecule has 0 amide bonds. The largest absolute Gasteiger partial charge is 0.481 e. The van der Waals surface area contributed by atoms with Gasteiger partial charge >= 0.3 is 5.97 Å². The molecular weight excluding hydrogens is 234 g/mol. The number of aliphatic carboxylic acids is 1. The second-order valence-corrected chi connectivity index (χ2v) is 5.06. The van der Waals surface area contributed by atoms with E-state index in [-0.39, 0.29) is 5.92 Å². The first-order chi connectivity index (χ1) is 8.57. The molecule has 106 valence electrons. The van der Waals surface area contributed by atoms with Crippen molar-refractivity contribution in [3.8, 4) is 0 Å². The monoisotopic (exact) mass is 259 g/mol. The number of rotatable bonds is 8. The van der Waals surface area contributed by atoms with E-state index in [1.54, 1.807) is 0 Å². The van der Waals surface area contributed by atoms with Crippen LogP contribution in [0, 0.1) is 5.92 Å². The average molecular weight is 259 g/mol. The molecule has 1 aliphatic carbocycles. The van der Waals surface area contributed by atoms with Gasteiger partial charge in [0.1, 0.15) is 0 Å². The number of hydrogen-bond acceptors (Lipinski definition) is 4. The Balaban J connectivity index is 2.12. The lowest BCUT2D eigenvalue weighted by atomic mass is 9.79. The molecule has 0 saturated heterocycles. The van der Waals surface area contributed by atoms with Gasteiger partial charge < -0.3 is 20.3 Å². The van der Waals surface area contributed by atoms with E-state index >= 15 is 0 Å². The Morgan fingerprint density at radius 3 is 2.67 bits per heavy atom. The lowest BCUT2D eigenvalue weighted by molar-refractivity contribution is -0.144. The Labute approximate surface area is 109 Å². The van der Waals surface area contributed by atoms with Crippen LogP contribution in [0.25, 0.3) is 0 Å². The van der Waals surface area contributed by atoms with Crippen molar-refractivity contribution in [2.75, 3.05) is 26.3 Å². The van der Waals surface area contributed by atoms with Crippen LogP contribution in [0.15, 0.2) is 0 Å². The van der Waals surface area contributed by atoms with Crippen molar-refractivity contribution in [2.24, 2.45) is 5.92 Å². The summed E-state index contributed by atoms with van der Waals surface area (Å²) in [4.78, 5) is 10.8. The molecule has 3 N–H and O–H groups in total. The molecule has 0 aromatic rings. The number of carboxylic acid groups (broad SMARTS) is 1. The summed E-state index contributed by atoms with van der Waals surface area (Å²) in [5.41, 5.74) is -0.725. The average Bonchev–Trinajstić information content (AvgIpc) is 2.34.